The molecule has 112 valence electrons. The molecule has 0 saturated heterocycles. The van der Waals surface area contributed by atoms with Crippen LogP contribution in [0.15, 0.2) is 28.8 Å². The van der Waals surface area contributed by atoms with Crippen LogP contribution in [0.3, 0.4) is 0 Å². The van der Waals surface area contributed by atoms with Gasteiger partial charge in [-0.3, -0.25) is 0 Å². The first-order valence-corrected chi connectivity index (χ1v) is 6.94. The first kappa shape index (κ1) is 12.9. The number of fused-ring (bicyclic) bond motifs is 1. The fourth-order valence-electron chi connectivity index (χ4n) is 2.48. The van der Waals surface area contributed by atoms with Crippen molar-refractivity contribution >= 4 is 6.01 Å². The van der Waals surface area contributed by atoms with Crippen molar-refractivity contribution in [2.75, 3.05) is 11.4 Å². The van der Waals surface area contributed by atoms with E-state index in [1.165, 1.54) is 12.1 Å². The van der Waals surface area contributed by atoms with Gasteiger partial charge < -0.3 is 9.42 Å². The van der Waals surface area contributed by atoms with E-state index in [0.717, 1.165) is 24.7 Å². The molecule has 1 aliphatic rings. The number of anilines is 1. The quantitative estimate of drug-likeness (QED) is 0.718. The lowest BCUT2D eigenvalue weighted by atomic mass is 10.2. The lowest BCUT2D eigenvalue weighted by Crippen LogP contribution is -2.34. The molecule has 0 unspecified atom stereocenters. The molecule has 0 amide bonds. The average Bonchev–Trinajstić information content (AvgIpc) is 3.12. The van der Waals surface area contributed by atoms with Crippen molar-refractivity contribution < 1.29 is 8.91 Å². The summed E-state index contributed by atoms with van der Waals surface area (Å²) in [5, 5.41) is 8.28. The Hall–Kier alpha value is -2.77. The summed E-state index contributed by atoms with van der Waals surface area (Å²) < 4.78 is 20.2. The summed E-state index contributed by atoms with van der Waals surface area (Å²) in [4.78, 5) is 10.7. The molecule has 7 nitrogen and oxygen atoms in total. The van der Waals surface area contributed by atoms with Gasteiger partial charge in [-0.15, -0.1) is 0 Å². The van der Waals surface area contributed by atoms with Gasteiger partial charge in [-0.25, -0.2) is 14.1 Å². The second-order valence-electron chi connectivity index (χ2n) is 5.13. The maximum atomic E-state index is 13.0. The van der Waals surface area contributed by atoms with Gasteiger partial charge in [0.1, 0.15) is 17.5 Å². The van der Waals surface area contributed by atoms with E-state index in [-0.39, 0.29) is 5.82 Å². The highest BCUT2D eigenvalue weighted by Crippen LogP contribution is 2.22. The molecule has 2 aromatic heterocycles. The topological polar surface area (TPSA) is 72.9 Å². The Morgan fingerprint density at radius 1 is 1.14 bits per heavy atom. The zero-order valence-corrected chi connectivity index (χ0v) is 11.9. The molecule has 8 heteroatoms. The number of aryl methyl sites for hydroxylation is 1. The van der Waals surface area contributed by atoms with E-state index >= 15 is 0 Å². The average molecular weight is 300 g/mol. The first-order chi connectivity index (χ1) is 10.7. The normalized spacial score (nSPS) is 14.2. The number of hydrogen-bond acceptors (Lipinski definition) is 6. The van der Waals surface area contributed by atoms with E-state index in [4.69, 9.17) is 4.52 Å². The minimum atomic E-state index is -0.293. The highest BCUT2D eigenvalue weighted by Gasteiger charge is 2.23. The van der Waals surface area contributed by atoms with Crippen molar-refractivity contribution in [3.05, 3.63) is 41.7 Å². The molecule has 0 spiro atoms. The van der Waals surface area contributed by atoms with Gasteiger partial charge >= 0.3 is 6.01 Å². The van der Waals surface area contributed by atoms with Gasteiger partial charge in [-0.1, -0.05) is 5.16 Å². The molecule has 0 radical (unpaired) electrons. The van der Waals surface area contributed by atoms with E-state index in [0.29, 0.717) is 23.9 Å². The number of nitrogens with zero attached hydrogens (tertiary/aromatic N) is 6. The van der Waals surface area contributed by atoms with Crippen LogP contribution in [0, 0.1) is 12.7 Å². The fourth-order valence-corrected chi connectivity index (χ4v) is 2.48. The highest BCUT2D eigenvalue weighted by atomic mass is 19.1. The third-order valence-electron chi connectivity index (χ3n) is 3.56. The Bertz CT molecular complexity index is 809. The Morgan fingerprint density at radius 2 is 1.95 bits per heavy atom. The van der Waals surface area contributed by atoms with Gasteiger partial charge in [-0.2, -0.15) is 10.1 Å². The Morgan fingerprint density at radius 3 is 2.77 bits per heavy atom. The van der Waals surface area contributed by atoms with Crippen molar-refractivity contribution in [2.45, 2.75) is 20.0 Å². The third kappa shape index (κ3) is 2.22. The summed E-state index contributed by atoms with van der Waals surface area (Å²) in [6.07, 6.45) is 0. The monoisotopic (exact) mass is 300 g/mol. The molecule has 0 saturated carbocycles. The van der Waals surface area contributed by atoms with Gasteiger partial charge in [0.05, 0.1) is 13.1 Å². The second kappa shape index (κ2) is 4.90. The molecule has 1 aliphatic heterocycles. The van der Waals surface area contributed by atoms with E-state index in [9.17, 15) is 4.39 Å². The lowest BCUT2D eigenvalue weighted by molar-refractivity contribution is 0.396. The predicted octanol–water partition coefficient (Wildman–Crippen LogP) is 1.80. The van der Waals surface area contributed by atoms with Crippen molar-refractivity contribution in [1.82, 2.24) is 24.9 Å². The van der Waals surface area contributed by atoms with Crippen molar-refractivity contribution in [1.29, 1.82) is 0 Å². The predicted molar refractivity (Wildman–Crippen MR) is 75.5 cm³/mol. The van der Waals surface area contributed by atoms with E-state index < -0.39 is 0 Å². The minimum absolute atomic E-state index is 0.293. The molecule has 0 N–H and O–H groups in total. The van der Waals surface area contributed by atoms with Crippen LogP contribution >= 0.6 is 0 Å². The standard InChI is InChI=1S/C14H13FN6O/c1-9-16-12-8-20(6-7-21(12)18-9)14-17-13(19-22-14)10-2-4-11(15)5-3-10/h2-5H,6-8H2,1H3. The van der Waals surface area contributed by atoms with Gasteiger partial charge in [0.25, 0.3) is 0 Å². The number of aromatic nitrogens is 5. The molecule has 0 aliphatic carbocycles. The zero-order chi connectivity index (χ0) is 15.1. The van der Waals surface area contributed by atoms with Crippen LogP contribution in [0.4, 0.5) is 10.4 Å². The van der Waals surface area contributed by atoms with E-state index in [1.54, 1.807) is 12.1 Å². The molecule has 22 heavy (non-hydrogen) atoms. The van der Waals surface area contributed by atoms with Crippen LogP contribution in [0.1, 0.15) is 11.6 Å². The lowest BCUT2D eigenvalue weighted by Gasteiger charge is -2.24. The maximum Gasteiger partial charge on any atom is 0.324 e. The molecular weight excluding hydrogens is 287 g/mol. The molecule has 1 aromatic carbocycles. The van der Waals surface area contributed by atoms with Gasteiger partial charge in [-0.05, 0) is 31.2 Å². The molecule has 3 aromatic rings. The maximum absolute atomic E-state index is 13.0. The summed E-state index contributed by atoms with van der Waals surface area (Å²) in [5.41, 5.74) is 0.715. The Labute approximate surface area is 125 Å². The summed E-state index contributed by atoms with van der Waals surface area (Å²) >= 11 is 0. The molecule has 0 bridgehead atoms. The fraction of sp³-hybridized carbons (Fsp3) is 0.286. The van der Waals surface area contributed by atoms with Crippen LogP contribution < -0.4 is 4.90 Å². The smallest absolute Gasteiger partial charge is 0.315 e. The van der Waals surface area contributed by atoms with Crippen LogP contribution in [0.25, 0.3) is 11.4 Å². The van der Waals surface area contributed by atoms with Crippen molar-refractivity contribution in [2.24, 2.45) is 0 Å². The SMILES string of the molecule is Cc1nc2n(n1)CCN(c1nc(-c3ccc(F)cc3)no1)C2. The van der Waals surface area contributed by atoms with Crippen LogP contribution in [0.5, 0.6) is 0 Å². The molecule has 0 fully saturated rings. The van der Waals surface area contributed by atoms with Crippen molar-refractivity contribution in [3.63, 3.8) is 0 Å². The number of hydrogen-bond donors (Lipinski definition) is 0. The summed E-state index contributed by atoms with van der Waals surface area (Å²) in [7, 11) is 0. The van der Waals surface area contributed by atoms with Gasteiger partial charge in [0, 0.05) is 12.1 Å². The first-order valence-electron chi connectivity index (χ1n) is 6.94. The minimum Gasteiger partial charge on any atom is -0.315 e. The zero-order valence-electron chi connectivity index (χ0n) is 11.9. The molecule has 0 atom stereocenters. The summed E-state index contributed by atoms with van der Waals surface area (Å²) in [6, 6.07) is 6.43. The van der Waals surface area contributed by atoms with Gasteiger partial charge in [0.15, 0.2) is 0 Å². The van der Waals surface area contributed by atoms with Crippen molar-refractivity contribution in [3.8, 4) is 11.4 Å². The van der Waals surface area contributed by atoms with Crippen LogP contribution in [-0.4, -0.2) is 31.4 Å². The molecule has 3 heterocycles. The summed E-state index contributed by atoms with van der Waals surface area (Å²) in [6.45, 7) is 3.90. The molecule has 4 rings (SSSR count). The van der Waals surface area contributed by atoms with Gasteiger partial charge in [0.2, 0.25) is 5.82 Å². The number of rotatable bonds is 2. The summed E-state index contributed by atoms with van der Waals surface area (Å²) in [5.74, 6) is 1.79. The molecular formula is C14H13FN6O. The highest BCUT2D eigenvalue weighted by molar-refractivity contribution is 5.55. The Kier molecular flexibility index (Phi) is 2.88. The van der Waals surface area contributed by atoms with Crippen LogP contribution in [0.2, 0.25) is 0 Å². The number of benzene rings is 1. The Balaban J connectivity index is 1.58. The second-order valence-corrected chi connectivity index (χ2v) is 5.13. The number of halogens is 1. The van der Waals surface area contributed by atoms with E-state index in [2.05, 4.69) is 20.2 Å². The van der Waals surface area contributed by atoms with Crippen LogP contribution in [-0.2, 0) is 13.1 Å². The third-order valence-corrected chi connectivity index (χ3v) is 3.56. The largest absolute Gasteiger partial charge is 0.324 e. The van der Waals surface area contributed by atoms with E-state index in [1.807, 2.05) is 16.5 Å².